The van der Waals surface area contributed by atoms with Gasteiger partial charge in [-0.2, -0.15) is 5.10 Å². The zero-order valence-corrected chi connectivity index (χ0v) is 8.58. The average Bonchev–Trinajstić information content (AvgIpc) is 2.29. The smallest absolute Gasteiger partial charge is 0.335 e. The van der Waals surface area contributed by atoms with E-state index < -0.39 is 17.8 Å². The van der Waals surface area contributed by atoms with Gasteiger partial charge in [0.2, 0.25) is 0 Å². The summed E-state index contributed by atoms with van der Waals surface area (Å²) in [6, 6.07) is 5.78. The minimum atomic E-state index is -1.14. The van der Waals surface area contributed by atoms with Crippen LogP contribution in [-0.4, -0.2) is 29.1 Å². The maximum atomic E-state index is 10.7. The lowest BCUT2D eigenvalue weighted by Crippen LogP contribution is -2.32. The first-order chi connectivity index (χ1) is 8.00. The Kier molecular flexibility index (Phi) is 3.93. The number of rotatable bonds is 3. The Morgan fingerprint density at radius 3 is 2.29 bits per heavy atom. The Morgan fingerprint density at radius 2 is 1.82 bits per heavy atom. The number of primary amides is 1. The molecule has 0 saturated carbocycles. The molecule has 0 fully saturated rings. The van der Waals surface area contributed by atoms with E-state index in [4.69, 9.17) is 5.11 Å². The fraction of sp³-hybridized carbons (Fsp3) is 0. The minimum absolute atomic E-state index is 0.142. The number of benzene rings is 1. The average molecular weight is 235 g/mol. The second-order valence-corrected chi connectivity index (χ2v) is 2.99. The van der Waals surface area contributed by atoms with Crippen molar-refractivity contribution in [1.82, 2.24) is 5.43 Å². The van der Waals surface area contributed by atoms with Gasteiger partial charge in [-0.05, 0) is 17.7 Å². The van der Waals surface area contributed by atoms with Crippen LogP contribution in [0.15, 0.2) is 29.4 Å². The molecule has 4 N–H and O–H groups in total. The van der Waals surface area contributed by atoms with Gasteiger partial charge >= 0.3 is 17.8 Å². The van der Waals surface area contributed by atoms with Gasteiger partial charge in [-0.1, -0.05) is 12.1 Å². The first-order valence-electron chi connectivity index (χ1n) is 4.47. The number of carbonyl (C=O) groups is 3. The van der Waals surface area contributed by atoms with Crippen molar-refractivity contribution < 1.29 is 19.5 Å². The van der Waals surface area contributed by atoms with Crippen LogP contribution in [0.1, 0.15) is 15.9 Å². The Labute approximate surface area is 95.9 Å². The van der Waals surface area contributed by atoms with Crippen molar-refractivity contribution in [2.24, 2.45) is 10.8 Å². The number of hydrazone groups is 1. The highest BCUT2D eigenvalue weighted by molar-refractivity contribution is 6.34. The van der Waals surface area contributed by atoms with Gasteiger partial charge in [0.05, 0.1) is 11.8 Å². The quantitative estimate of drug-likeness (QED) is 0.365. The molecule has 0 atom stereocenters. The molecule has 17 heavy (non-hydrogen) atoms. The molecule has 0 unspecified atom stereocenters. The van der Waals surface area contributed by atoms with Crippen molar-refractivity contribution >= 4 is 24.0 Å². The van der Waals surface area contributed by atoms with Crippen molar-refractivity contribution in [2.75, 3.05) is 0 Å². The molecule has 0 bridgehead atoms. The molecular formula is C10H9N3O4. The summed E-state index contributed by atoms with van der Waals surface area (Å²) in [5, 5.41) is 12.1. The van der Waals surface area contributed by atoms with E-state index in [1.54, 1.807) is 0 Å². The van der Waals surface area contributed by atoms with Crippen LogP contribution in [0, 0.1) is 0 Å². The Morgan fingerprint density at radius 1 is 1.24 bits per heavy atom. The van der Waals surface area contributed by atoms with Crippen LogP contribution in [0.4, 0.5) is 0 Å². The molecule has 1 aromatic carbocycles. The molecule has 0 aliphatic rings. The fourth-order valence-electron chi connectivity index (χ4n) is 0.932. The number of nitrogens with one attached hydrogen (secondary N) is 1. The number of hydrogen-bond donors (Lipinski definition) is 3. The normalized spacial score (nSPS) is 10.1. The Balaban J connectivity index is 2.63. The van der Waals surface area contributed by atoms with E-state index in [9.17, 15) is 14.4 Å². The zero-order valence-electron chi connectivity index (χ0n) is 8.58. The van der Waals surface area contributed by atoms with Gasteiger partial charge in [-0.15, -0.1) is 0 Å². The Bertz CT molecular complexity index is 479. The number of carboxylic acids is 1. The maximum absolute atomic E-state index is 10.7. The molecule has 0 spiro atoms. The number of amides is 2. The van der Waals surface area contributed by atoms with Gasteiger partial charge in [-0.3, -0.25) is 9.59 Å². The second kappa shape index (κ2) is 5.40. The van der Waals surface area contributed by atoms with Gasteiger partial charge in [0.15, 0.2) is 0 Å². The lowest BCUT2D eigenvalue weighted by molar-refractivity contribution is -0.137. The highest BCUT2D eigenvalue weighted by atomic mass is 16.4. The molecule has 7 heteroatoms. The number of hydrogen-bond acceptors (Lipinski definition) is 4. The zero-order chi connectivity index (χ0) is 12.8. The van der Waals surface area contributed by atoms with Crippen molar-refractivity contribution in [3.63, 3.8) is 0 Å². The van der Waals surface area contributed by atoms with Gasteiger partial charge in [0.25, 0.3) is 0 Å². The fourth-order valence-corrected chi connectivity index (χ4v) is 0.932. The Hall–Kier alpha value is -2.70. The van der Waals surface area contributed by atoms with Crippen LogP contribution in [0.3, 0.4) is 0 Å². The largest absolute Gasteiger partial charge is 0.478 e. The number of carbonyl (C=O) groups excluding carboxylic acids is 2. The van der Waals surface area contributed by atoms with Gasteiger partial charge < -0.3 is 10.8 Å². The topological polar surface area (TPSA) is 122 Å². The summed E-state index contributed by atoms with van der Waals surface area (Å²) >= 11 is 0. The third-order valence-corrected chi connectivity index (χ3v) is 1.76. The van der Waals surface area contributed by atoms with Crippen LogP contribution in [0.25, 0.3) is 0 Å². The molecule has 2 amide bonds. The first kappa shape index (κ1) is 12.4. The molecule has 7 nitrogen and oxygen atoms in total. The highest BCUT2D eigenvalue weighted by Crippen LogP contribution is 2.01. The predicted molar refractivity (Wildman–Crippen MR) is 58.3 cm³/mol. The van der Waals surface area contributed by atoms with E-state index in [1.807, 2.05) is 5.43 Å². The lowest BCUT2D eigenvalue weighted by Gasteiger charge is -1.96. The molecule has 0 heterocycles. The molecule has 1 aromatic rings. The van der Waals surface area contributed by atoms with Crippen molar-refractivity contribution in [1.29, 1.82) is 0 Å². The van der Waals surface area contributed by atoms with Gasteiger partial charge in [0.1, 0.15) is 0 Å². The number of aromatic carboxylic acids is 1. The maximum Gasteiger partial charge on any atom is 0.335 e. The summed E-state index contributed by atoms with van der Waals surface area (Å²) in [4.78, 5) is 31.6. The summed E-state index contributed by atoms with van der Waals surface area (Å²) in [5.41, 5.74) is 7.30. The molecule has 0 saturated heterocycles. The van der Waals surface area contributed by atoms with E-state index in [2.05, 4.69) is 10.8 Å². The molecule has 0 aliphatic heterocycles. The minimum Gasteiger partial charge on any atom is -0.478 e. The van der Waals surface area contributed by atoms with Crippen LogP contribution >= 0.6 is 0 Å². The van der Waals surface area contributed by atoms with E-state index in [0.717, 1.165) is 0 Å². The SMILES string of the molecule is NC(=O)C(=O)N/N=C\c1ccc(C(=O)O)cc1. The van der Waals surface area contributed by atoms with Crippen LogP contribution in [0.5, 0.6) is 0 Å². The highest BCUT2D eigenvalue weighted by Gasteiger charge is 2.05. The third kappa shape index (κ3) is 3.74. The number of nitrogens with zero attached hydrogens (tertiary/aromatic N) is 1. The van der Waals surface area contributed by atoms with Crippen LogP contribution in [-0.2, 0) is 9.59 Å². The van der Waals surface area contributed by atoms with Crippen molar-refractivity contribution in [2.45, 2.75) is 0 Å². The van der Waals surface area contributed by atoms with E-state index in [1.165, 1.54) is 30.5 Å². The summed E-state index contributed by atoms with van der Waals surface area (Å²) in [5.74, 6) is -3.19. The predicted octanol–water partition coefficient (Wildman–Crippen LogP) is -0.680. The monoisotopic (exact) mass is 235 g/mol. The molecule has 88 valence electrons. The van der Waals surface area contributed by atoms with E-state index in [0.29, 0.717) is 5.56 Å². The number of nitrogens with two attached hydrogens (primary N) is 1. The lowest BCUT2D eigenvalue weighted by atomic mass is 10.1. The van der Waals surface area contributed by atoms with Crippen molar-refractivity contribution in [3.8, 4) is 0 Å². The number of carboxylic acid groups (broad SMARTS) is 1. The van der Waals surface area contributed by atoms with Crippen LogP contribution in [0.2, 0.25) is 0 Å². The van der Waals surface area contributed by atoms with Crippen molar-refractivity contribution in [3.05, 3.63) is 35.4 Å². The standard InChI is InChI=1S/C10H9N3O4/c11-8(14)9(15)13-12-5-6-1-3-7(4-2-6)10(16)17/h1-5H,(H2,11,14)(H,13,15)(H,16,17)/b12-5-. The summed E-state index contributed by atoms with van der Waals surface area (Å²) in [7, 11) is 0. The molecule has 0 aliphatic carbocycles. The third-order valence-electron chi connectivity index (χ3n) is 1.76. The van der Waals surface area contributed by atoms with Gasteiger partial charge in [0, 0.05) is 0 Å². The second-order valence-electron chi connectivity index (χ2n) is 2.99. The van der Waals surface area contributed by atoms with Crippen LogP contribution < -0.4 is 11.2 Å². The van der Waals surface area contributed by atoms with E-state index in [-0.39, 0.29) is 5.56 Å². The molecule has 1 rings (SSSR count). The summed E-state index contributed by atoms with van der Waals surface area (Å²) in [6.07, 6.45) is 1.26. The molecule has 0 aromatic heterocycles. The summed E-state index contributed by atoms with van der Waals surface area (Å²) in [6.45, 7) is 0. The van der Waals surface area contributed by atoms with Gasteiger partial charge in [-0.25, -0.2) is 10.2 Å². The molecule has 0 radical (unpaired) electrons. The van der Waals surface area contributed by atoms with E-state index >= 15 is 0 Å². The first-order valence-corrected chi connectivity index (χ1v) is 4.47. The summed E-state index contributed by atoms with van der Waals surface area (Å²) < 4.78 is 0. The molecular weight excluding hydrogens is 226 g/mol.